The summed E-state index contributed by atoms with van der Waals surface area (Å²) in [5.74, 6) is -2.22. The minimum Gasteiger partial charge on any atom is -0.465 e. The molecule has 37 heavy (non-hydrogen) atoms. The monoisotopic (exact) mass is 525 g/mol. The number of ether oxygens (including phenoxy) is 1. The zero-order valence-corrected chi connectivity index (χ0v) is 20.5. The third kappa shape index (κ3) is 5.44. The summed E-state index contributed by atoms with van der Waals surface area (Å²) in [6.45, 7) is 0.0487. The molecular weight excluding hydrogens is 502 g/mol. The molecule has 1 unspecified atom stereocenters. The fourth-order valence-corrected chi connectivity index (χ4v) is 4.55. The minimum atomic E-state index is -3.85. The Kier molecular flexibility index (Phi) is 7.23. The zero-order valence-electron chi connectivity index (χ0n) is 19.7. The van der Waals surface area contributed by atoms with E-state index < -0.39 is 39.8 Å². The first-order valence-corrected chi connectivity index (χ1v) is 12.7. The number of primary sulfonamides is 1. The van der Waals surface area contributed by atoms with Crippen molar-refractivity contribution in [2.75, 3.05) is 18.6 Å². The molecule has 3 amide bonds. The van der Waals surface area contributed by atoms with Crippen molar-refractivity contribution >= 4 is 39.4 Å². The molecule has 0 saturated carbocycles. The lowest BCUT2D eigenvalue weighted by Gasteiger charge is -2.27. The fourth-order valence-electron chi connectivity index (χ4n) is 4.03. The number of carbonyl (C=O) groups is 4. The van der Waals surface area contributed by atoms with E-state index in [0.717, 1.165) is 4.90 Å². The van der Waals surface area contributed by atoms with E-state index in [-0.39, 0.29) is 41.3 Å². The average Bonchev–Trinajstić information content (AvgIpc) is 3.52. The number of rotatable bonds is 8. The summed E-state index contributed by atoms with van der Waals surface area (Å²) in [4.78, 5) is 53.4. The second kappa shape index (κ2) is 10.4. The average molecular weight is 526 g/mol. The Balaban J connectivity index is 1.58. The molecule has 2 aromatic carbocycles. The number of nitrogens with zero attached hydrogens (tertiary/aromatic N) is 2. The van der Waals surface area contributed by atoms with E-state index >= 15 is 0 Å². The molecule has 1 aromatic heterocycles. The van der Waals surface area contributed by atoms with Crippen molar-refractivity contribution in [2.45, 2.75) is 23.8 Å². The quantitative estimate of drug-likeness (QED) is 0.344. The molecule has 0 radical (unpaired) electrons. The normalized spacial score (nSPS) is 15.6. The second-order valence-electron chi connectivity index (χ2n) is 8.24. The van der Waals surface area contributed by atoms with Gasteiger partial charge in [-0.15, -0.1) is 0 Å². The molecule has 1 fully saturated rings. The number of hydrogen-bond donors (Lipinski definition) is 1. The fraction of sp³-hybridized carbons (Fsp3) is 0.200. The maximum Gasteiger partial charge on any atom is 0.337 e. The third-order valence-corrected chi connectivity index (χ3v) is 6.86. The lowest BCUT2D eigenvalue weighted by atomic mass is 10.1. The van der Waals surface area contributed by atoms with Gasteiger partial charge in [-0.05, 0) is 60.5 Å². The van der Waals surface area contributed by atoms with Gasteiger partial charge in [-0.3, -0.25) is 14.4 Å². The summed E-state index contributed by atoms with van der Waals surface area (Å²) in [5, 5.41) is 5.14. The van der Waals surface area contributed by atoms with Crippen LogP contribution in [-0.4, -0.2) is 56.7 Å². The summed E-state index contributed by atoms with van der Waals surface area (Å²) in [7, 11) is -2.61. The number of carbonyl (C=O) groups excluding carboxylic acids is 4. The maximum atomic E-state index is 13.4. The largest absolute Gasteiger partial charge is 0.465 e. The van der Waals surface area contributed by atoms with E-state index in [4.69, 9.17) is 9.56 Å². The van der Waals surface area contributed by atoms with Gasteiger partial charge in [-0.25, -0.2) is 23.3 Å². The van der Waals surface area contributed by atoms with Crippen LogP contribution >= 0.6 is 0 Å². The van der Waals surface area contributed by atoms with Gasteiger partial charge in [0.05, 0.1) is 35.9 Å². The number of amides is 3. The summed E-state index contributed by atoms with van der Waals surface area (Å²) < 4.78 is 32.9. The number of anilines is 1. The molecule has 2 heterocycles. The molecule has 0 spiro atoms. The Bertz CT molecular complexity index is 1430. The maximum absolute atomic E-state index is 13.4. The van der Waals surface area contributed by atoms with Gasteiger partial charge < -0.3 is 14.1 Å². The Morgan fingerprint density at radius 1 is 1.08 bits per heavy atom. The molecule has 2 N–H and O–H groups in total. The summed E-state index contributed by atoms with van der Waals surface area (Å²) >= 11 is 0. The Hall–Kier alpha value is -4.29. The molecule has 1 atom stereocenters. The van der Waals surface area contributed by atoms with Crippen molar-refractivity contribution in [1.29, 1.82) is 0 Å². The molecule has 192 valence electrons. The van der Waals surface area contributed by atoms with E-state index in [1.54, 1.807) is 12.1 Å². The molecule has 0 aliphatic carbocycles. The lowest BCUT2D eigenvalue weighted by Crippen LogP contribution is -2.46. The molecule has 1 aliphatic heterocycles. The van der Waals surface area contributed by atoms with Gasteiger partial charge in [0.1, 0.15) is 6.04 Å². The molecule has 3 aromatic rings. The molecule has 1 aliphatic rings. The van der Waals surface area contributed by atoms with Gasteiger partial charge in [-0.1, -0.05) is 12.1 Å². The molecule has 11 nitrogen and oxygen atoms in total. The Morgan fingerprint density at radius 2 is 1.76 bits per heavy atom. The van der Waals surface area contributed by atoms with Crippen LogP contribution < -0.4 is 10.0 Å². The van der Waals surface area contributed by atoms with Crippen molar-refractivity contribution in [1.82, 2.24) is 4.90 Å². The first-order valence-electron chi connectivity index (χ1n) is 11.1. The van der Waals surface area contributed by atoms with Crippen LogP contribution in [0.15, 0.2) is 76.2 Å². The predicted octanol–water partition coefficient (Wildman–Crippen LogP) is 1.73. The van der Waals surface area contributed by atoms with Crippen molar-refractivity contribution in [3.63, 3.8) is 0 Å². The van der Waals surface area contributed by atoms with E-state index in [1.807, 2.05) is 0 Å². The van der Waals surface area contributed by atoms with E-state index in [9.17, 15) is 27.6 Å². The number of furan rings is 1. The molecule has 4 rings (SSSR count). The minimum absolute atomic E-state index is 0.00528. The highest BCUT2D eigenvalue weighted by molar-refractivity contribution is 7.89. The van der Waals surface area contributed by atoms with Crippen molar-refractivity contribution in [3.05, 3.63) is 83.8 Å². The number of benzene rings is 2. The van der Waals surface area contributed by atoms with Gasteiger partial charge in [0.15, 0.2) is 5.76 Å². The van der Waals surface area contributed by atoms with Gasteiger partial charge in [-0.2, -0.15) is 0 Å². The summed E-state index contributed by atoms with van der Waals surface area (Å²) in [5.41, 5.74) is 1.20. The van der Waals surface area contributed by atoms with Crippen molar-refractivity contribution < 1.29 is 36.7 Å². The van der Waals surface area contributed by atoms with E-state index in [0.29, 0.717) is 5.56 Å². The smallest absolute Gasteiger partial charge is 0.337 e. The number of nitrogens with two attached hydrogens (primary N) is 1. The number of imide groups is 1. The molecular formula is C25H23N3O8S. The van der Waals surface area contributed by atoms with Crippen LogP contribution in [0.25, 0.3) is 0 Å². The molecule has 12 heteroatoms. The van der Waals surface area contributed by atoms with Crippen LogP contribution in [-0.2, 0) is 30.8 Å². The number of methoxy groups -OCH3 is 1. The highest BCUT2D eigenvalue weighted by Gasteiger charge is 2.44. The molecule has 0 bridgehead atoms. The number of esters is 1. The first-order chi connectivity index (χ1) is 17.6. The number of hydrogen-bond acceptors (Lipinski definition) is 8. The van der Waals surface area contributed by atoms with Crippen LogP contribution in [0, 0.1) is 0 Å². The van der Waals surface area contributed by atoms with E-state index in [1.165, 1.54) is 66.8 Å². The van der Waals surface area contributed by atoms with E-state index in [2.05, 4.69) is 4.74 Å². The van der Waals surface area contributed by atoms with Crippen LogP contribution in [0.1, 0.15) is 32.9 Å². The van der Waals surface area contributed by atoms with Crippen LogP contribution in [0.4, 0.5) is 5.69 Å². The summed E-state index contributed by atoms with van der Waals surface area (Å²) in [6.07, 6.45) is 1.35. The Morgan fingerprint density at radius 3 is 2.32 bits per heavy atom. The first kappa shape index (κ1) is 25.8. The van der Waals surface area contributed by atoms with Gasteiger partial charge in [0.2, 0.25) is 15.9 Å². The van der Waals surface area contributed by atoms with Crippen LogP contribution in [0.2, 0.25) is 0 Å². The topological polar surface area (TPSA) is 157 Å². The highest BCUT2D eigenvalue weighted by atomic mass is 32.2. The van der Waals surface area contributed by atoms with Crippen molar-refractivity contribution in [2.24, 2.45) is 5.14 Å². The van der Waals surface area contributed by atoms with Gasteiger partial charge >= 0.3 is 5.97 Å². The Labute approximate surface area is 212 Å². The predicted molar refractivity (Wildman–Crippen MR) is 130 cm³/mol. The van der Waals surface area contributed by atoms with Crippen molar-refractivity contribution in [3.8, 4) is 0 Å². The summed E-state index contributed by atoms with van der Waals surface area (Å²) in [6, 6.07) is 13.5. The van der Waals surface area contributed by atoms with Crippen LogP contribution in [0.3, 0.4) is 0 Å². The lowest BCUT2D eigenvalue weighted by molar-refractivity contribution is -0.122. The van der Waals surface area contributed by atoms with Gasteiger partial charge in [0.25, 0.3) is 11.8 Å². The third-order valence-electron chi connectivity index (χ3n) is 5.93. The molecule has 1 saturated heterocycles. The SMILES string of the molecule is COC(=O)c1ccc(N2C(=O)CC(N(CCc3ccc(S(N)(=O)=O)cc3)C(=O)c3ccco3)C2=O)cc1. The number of sulfonamides is 1. The zero-order chi connectivity index (χ0) is 26.7. The van der Waals surface area contributed by atoms with Crippen LogP contribution in [0.5, 0.6) is 0 Å². The highest BCUT2D eigenvalue weighted by Crippen LogP contribution is 2.27. The van der Waals surface area contributed by atoms with Gasteiger partial charge in [0, 0.05) is 6.54 Å². The second-order valence-corrected chi connectivity index (χ2v) is 9.80. The standard InChI is InChI=1S/C25H23N3O8S/c1-35-25(32)17-6-8-18(9-7-17)28-22(29)15-20(23(28)30)27(24(31)21-3-2-14-36-21)13-12-16-4-10-19(11-5-16)37(26,33)34/h2-11,14,20H,12-13,15H2,1H3,(H2,26,33,34).